The zero-order valence-electron chi connectivity index (χ0n) is 13.0. The highest BCUT2D eigenvalue weighted by molar-refractivity contribution is 9.10. The zero-order chi connectivity index (χ0) is 18.2. The topological polar surface area (TPSA) is 56.0 Å². The van der Waals surface area contributed by atoms with Crippen LogP contribution in [-0.2, 0) is 26.3 Å². The van der Waals surface area contributed by atoms with E-state index in [2.05, 4.69) is 42.1 Å². The Bertz CT molecular complexity index is 768. The van der Waals surface area contributed by atoms with Gasteiger partial charge in [0.25, 0.3) is 5.91 Å². The second-order valence-corrected chi connectivity index (χ2v) is 6.72. The van der Waals surface area contributed by atoms with E-state index in [0.717, 1.165) is 9.15 Å². The number of halogens is 5. The van der Waals surface area contributed by atoms with Gasteiger partial charge in [0.15, 0.2) is 5.69 Å². The molecule has 0 N–H and O–H groups in total. The van der Waals surface area contributed by atoms with Crippen LogP contribution >= 0.6 is 31.9 Å². The maximum Gasteiger partial charge on any atom is 0.436 e. The fraction of sp³-hybridized carbons (Fsp3) is 0.462. The molecule has 0 saturated heterocycles. The predicted molar refractivity (Wildman–Crippen MR) is 87.3 cm³/mol. The van der Waals surface area contributed by atoms with Crippen molar-refractivity contribution < 1.29 is 18.0 Å². The minimum atomic E-state index is -4.64. The van der Waals surface area contributed by atoms with E-state index < -0.39 is 17.8 Å². The molecule has 11 heteroatoms. The molecule has 0 aliphatic rings. The molecule has 0 saturated carbocycles. The van der Waals surface area contributed by atoms with E-state index in [1.165, 1.54) is 19.0 Å². The third kappa shape index (κ3) is 3.66. The normalized spacial score (nSPS) is 11.8. The van der Waals surface area contributed by atoms with Crippen LogP contribution in [0.5, 0.6) is 0 Å². The lowest BCUT2D eigenvalue weighted by molar-refractivity contribution is -0.142. The first-order chi connectivity index (χ1) is 11.1. The lowest BCUT2D eigenvalue weighted by Crippen LogP contribution is -2.28. The van der Waals surface area contributed by atoms with E-state index >= 15 is 0 Å². The van der Waals surface area contributed by atoms with Gasteiger partial charge in [-0.3, -0.25) is 14.2 Å². The van der Waals surface area contributed by atoms with Gasteiger partial charge in [-0.2, -0.15) is 23.4 Å². The summed E-state index contributed by atoms with van der Waals surface area (Å²) in [7, 11) is 2.79. The van der Waals surface area contributed by atoms with Gasteiger partial charge in [0.1, 0.15) is 5.69 Å². The Balaban J connectivity index is 2.28. The Morgan fingerprint density at radius 2 is 1.96 bits per heavy atom. The van der Waals surface area contributed by atoms with Crippen molar-refractivity contribution in [3.05, 3.63) is 32.2 Å². The van der Waals surface area contributed by atoms with Crippen LogP contribution in [0.25, 0.3) is 0 Å². The monoisotopic (exact) mass is 471 g/mol. The van der Waals surface area contributed by atoms with Gasteiger partial charge in [0, 0.05) is 26.8 Å². The number of rotatable bonds is 4. The number of carbonyl (C=O) groups excluding carboxylic acids is 1. The summed E-state index contributed by atoms with van der Waals surface area (Å²) < 4.78 is 41.7. The van der Waals surface area contributed by atoms with Crippen molar-refractivity contribution in [1.29, 1.82) is 0 Å². The van der Waals surface area contributed by atoms with Crippen molar-refractivity contribution in [3.8, 4) is 0 Å². The number of amides is 1. The van der Waals surface area contributed by atoms with Crippen molar-refractivity contribution in [2.45, 2.75) is 26.2 Å². The molecule has 24 heavy (non-hydrogen) atoms. The number of nitrogens with zero attached hydrogens (tertiary/aromatic N) is 5. The fourth-order valence-electron chi connectivity index (χ4n) is 2.09. The highest BCUT2D eigenvalue weighted by Gasteiger charge is 2.39. The van der Waals surface area contributed by atoms with Gasteiger partial charge in [-0.1, -0.05) is 0 Å². The SMILES string of the molecule is CCn1cc(Br)c(CN(C)C(=O)c2c(Br)c(C(F)(F)F)nn2C)n1. The van der Waals surface area contributed by atoms with Crippen LogP contribution in [-0.4, -0.2) is 37.4 Å². The quantitative estimate of drug-likeness (QED) is 0.684. The molecule has 0 fully saturated rings. The van der Waals surface area contributed by atoms with Gasteiger partial charge in [-0.05, 0) is 38.8 Å². The molecule has 0 spiro atoms. The number of aromatic nitrogens is 4. The van der Waals surface area contributed by atoms with E-state index in [1.54, 1.807) is 10.9 Å². The summed E-state index contributed by atoms with van der Waals surface area (Å²) in [5, 5.41) is 7.69. The van der Waals surface area contributed by atoms with E-state index in [1.807, 2.05) is 6.92 Å². The number of aryl methyl sites for hydroxylation is 2. The third-order valence-corrected chi connectivity index (χ3v) is 4.72. The number of alkyl halides is 3. The van der Waals surface area contributed by atoms with Crippen LogP contribution in [0, 0.1) is 0 Å². The lowest BCUT2D eigenvalue weighted by Gasteiger charge is -2.16. The van der Waals surface area contributed by atoms with Crippen molar-refractivity contribution in [2.75, 3.05) is 7.05 Å². The lowest BCUT2D eigenvalue weighted by atomic mass is 10.3. The molecule has 0 aliphatic carbocycles. The maximum absolute atomic E-state index is 12.9. The van der Waals surface area contributed by atoms with Crippen LogP contribution in [0.3, 0.4) is 0 Å². The van der Waals surface area contributed by atoms with Gasteiger partial charge in [-0.25, -0.2) is 0 Å². The molecule has 2 rings (SSSR count). The summed E-state index contributed by atoms with van der Waals surface area (Å²) in [5.41, 5.74) is -0.684. The molecule has 2 heterocycles. The van der Waals surface area contributed by atoms with Crippen LogP contribution in [0.1, 0.15) is 28.8 Å². The summed E-state index contributed by atoms with van der Waals surface area (Å²) in [5.74, 6) is -0.592. The number of hydrogen-bond donors (Lipinski definition) is 0. The minimum absolute atomic E-state index is 0.144. The van der Waals surface area contributed by atoms with Gasteiger partial charge in [0.05, 0.1) is 21.2 Å². The van der Waals surface area contributed by atoms with Gasteiger partial charge in [0.2, 0.25) is 0 Å². The average molecular weight is 473 g/mol. The smallest absolute Gasteiger partial charge is 0.334 e. The first-order valence-electron chi connectivity index (χ1n) is 6.83. The van der Waals surface area contributed by atoms with Crippen molar-refractivity contribution in [3.63, 3.8) is 0 Å². The van der Waals surface area contributed by atoms with Crippen LogP contribution in [0.2, 0.25) is 0 Å². The van der Waals surface area contributed by atoms with Crippen molar-refractivity contribution >= 4 is 37.8 Å². The van der Waals surface area contributed by atoms with E-state index in [0.29, 0.717) is 12.2 Å². The zero-order valence-corrected chi connectivity index (χ0v) is 16.2. The first-order valence-corrected chi connectivity index (χ1v) is 8.41. The highest BCUT2D eigenvalue weighted by atomic mass is 79.9. The van der Waals surface area contributed by atoms with Gasteiger partial charge < -0.3 is 4.90 Å². The summed E-state index contributed by atoms with van der Waals surface area (Å²) >= 11 is 6.20. The molecular formula is C13H14Br2F3N5O. The van der Waals surface area contributed by atoms with Crippen molar-refractivity contribution in [2.24, 2.45) is 7.05 Å². The van der Waals surface area contributed by atoms with E-state index in [9.17, 15) is 18.0 Å². The Morgan fingerprint density at radius 3 is 2.42 bits per heavy atom. The molecule has 0 aromatic carbocycles. The fourth-order valence-corrected chi connectivity index (χ4v) is 3.27. The molecule has 2 aromatic heterocycles. The molecule has 2 aromatic rings. The van der Waals surface area contributed by atoms with Gasteiger partial charge >= 0.3 is 6.18 Å². The molecule has 0 aliphatic heterocycles. The second kappa shape index (κ2) is 6.87. The summed E-state index contributed by atoms with van der Waals surface area (Å²) in [6, 6.07) is 0. The predicted octanol–water partition coefficient (Wildman–Crippen LogP) is 3.45. The van der Waals surface area contributed by atoms with Crippen LogP contribution in [0.4, 0.5) is 13.2 Å². The van der Waals surface area contributed by atoms with E-state index in [4.69, 9.17) is 0 Å². The molecule has 6 nitrogen and oxygen atoms in total. The Kier molecular flexibility index (Phi) is 5.43. The first kappa shape index (κ1) is 19.0. The second-order valence-electron chi connectivity index (χ2n) is 5.07. The summed E-state index contributed by atoms with van der Waals surface area (Å²) in [6.07, 6.45) is -2.87. The molecule has 0 unspecified atom stereocenters. The molecule has 132 valence electrons. The molecule has 1 amide bonds. The minimum Gasteiger partial charge on any atom is -0.334 e. The largest absolute Gasteiger partial charge is 0.436 e. The maximum atomic E-state index is 12.9. The van der Waals surface area contributed by atoms with Gasteiger partial charge in [-0.15, -0.1) is 0 Å². The van der Waals surface area contributed by atoms with Crippen molar-refractivity contribution in [1.82, 2.24) is 24.5 Å². The average Bonchev–Trinajstić information content (AvgIpc) is 2.98. The summed E-state index contributed by atoms with van der Waals surface area (Å²) in [6.45, 7) is 2.73. The Hall–Kier alpha value is -1.36. The Labute approximate surface area is 152 Å². The Morgan fingerprint density at radius 1 is 1.33 bits per heavy atom. The van der Waals surface area contributed by atoms with E-state index in [-0.39, 0.29) is 16.7 Å². The highest BCUT2D eigenvalue weighted by Crippen LogP contribution is 2.36. The molecule has 0 radical (unpaired) electrons. The number of hydrogen-bond acceptors (Lipinski definition) is 3. The van der Waals surface area contributed by atoms with Crippen LogP contribution in [0.15, 0.2) is 15.1 Å². The standard InChI is InChI=1S/C13H14Br2F3N5O/c1-4-23-5-7(14)8(19-23)6-21(2)12(24)10-9(15)11(13(16,17)18)20-22(10)3/h5H,4,6H2,1-3H3. The van der Waals surface area contributed by atoms with Crippen LogP contribution < -0.4 is 0 Å². The molecule has 0 bridgehead atoms. The number of carbonyl (C=O) groups is 1. The summed E-state index contributed by atoms with van der Waals surface area (Å²) in [4.78, 5) is 13.8. The molecular weight excluding hydrogens is 459 g/mol. The molecule has 0 atom stereocenters. The third-order valence-electron chi connectivity index (χ3n) is 3.31.